The van der Waals surface area contributed by atoms with Crippen LogP contribution in [-0.4, -0.2) is 12.1 Å². The molecule has 0 radical (unpaired) electrons. The van der Waals surface area contributed by atoms with Crippen molar-refractivity contribution in [2.75, 3.05) is 7.11 Å². The molecule has 1 atom stereocenters. The van der Waals surface area contributed by atoms with Crippen LogP contribution in [0.15, 0.2) is 36.5 Å². The van der Waals surface area contributed by atoms with Crippen LogP contribution in [0.3, 0.4) is 0 Å². The van der Waals surface area contributed by atoms with Crippen molar-refractivity contribution in [3.8, 4) is 5.75 Å². The van der Waals surface area contributed by atoms with Crippen molar-refractivity contribution < 1.29 is 4.74 Å². The summed E-state index contributed by atoms with van der Waals surface area (Å²) in [7, 11) is 1.61. The largest absolute Gasteiger partial charge is 0.495 e. The molecule has 2 rings (SSSR count). The summed E-state index contributed by atoms with van der Waals surface area (Å²) < 4.78 is 6.33. The van der Waals surface area contributed by atoms with Gasteiger partial charge in [0.25, 0.3) is 0 Å². The molecule has 0 aliphatic heterocycles. The molecule has 0 fully saturated rings. The van der Waals surface area contributed by atoms with Gasteiger partial charge in [-0.1, -0.05) is 11.6 Å². The van der Waals surface area contributed by atoms with Gasteiger partial charge < -0.3 is 10.5 Å². The Bertz CT molecular complexity index is 562. The summed E-state index contributed by atoms with van der Waals surface area (Å²) >= 11 is 8.25. The number of benzene rings is 1. The van der Waals surface area contributed by atoms with Crippen molar-refractivity contribution in [2.24, 2.45) is 5.73 Å². The van der Waals surface area contributed by atoms with Gasteiger partial charge in [0.1, 0.15) is 11.4 Å². The maximum Gasteiger partial charge on any atom is 0.142 e. The summed E-state index contributed by atoms with van der Waals surface area (Å²) in [5, 5.41) is 0.663. The molecule has 1 heterocycles. The predicted molar refractivity (Wildman–Crippen MR) is 81.0 cm³/mol. The van der Waals surface area contributed by atoms with Gasteiger partial charge in [-0.15, -0.1) is 0 Å². The first-order chi connectivity index (χ1) is 8.63. The first-order valence-corrected chi connectivity index (χ1v) is 6.78. The molecule has 2 N–H and O–H groups in total. The van der Waals surface area contributed by atoms with Crippen LogP contribution in [0.1, 0.15) is 17.3 Å². The van der Waals surface area contributed by atoms with E-state index >= 15 is 0 Å². The van der Waals surface area contributed by atoms with Crippen molar-refractivity contribution in [3.63, 3.8) is 0 Å². The average Bonchev–Trinajstić information content (AvgIpc) is 2.40. The number of pyridine rings is 1. The van der Waals surface area contributed by atoms with Crippen molar-refractivity contribution in [3.05, 3.63) is 56.4 Å². The van der Waals surface area contributed by atoms with Gasteiger partial charge >= 0.3 is 0 Å². The fourth-order valence-electron chi connectivity index (χ4n) is 1.71. The molecular weight excluding hydrogens is 363 g/mol. The summed E-state index contributed by atoms with van der Waals surface area (Å²) in [6.45, 7) is 0. The van der Waals surface area contributed by atoms with E-state index in [9.17, 15) is 0 Å². The number of halogens is 2. The molecule has 1 unspecified atom stereocenters. The van der Waals surface area contributed by atoms with Gasteiger partial charge in [-0.05, 0) is 58.5 Å². The minimum atomic E-state index is -0.355. The Morgan fingerprint density at radius 3 is 2.89 bits per heavy atom. The smallest absolute Gasteiger partial charge is 0.142 e. The number of hydrogen-bond donors (Lipinski definition) is 1. The monoisotopic (exact) mass is 374 g/mol. The highest BCUT2D eigenvalue weighted by Crippen LogP contribution is 2.30. The number of aromatic nitrogens is 1. The Morgan fingerprint density at radius 1 is 1.39 bits per heavy atom. The van der Waals surface area contributed by atoms with Crippen LogP contribution in [0.5, 0.6) is 5.75 Å². The fourth-order valence-corrected chi connectivity index (χ4v) is 2.56. The van der Waals surface area contributed by atoms with Gasteiger partial charge in [-0.2, -0.15) is 0 Å². The van der Waals surface area contributed by atoms with E-state index in [4.69, 9.17) is 22.1 Å². The number of rotatable bonds is 3. The van der Waals surface area contributed by atoms with Crippen LogP contribution in [0.2, 0.25) is 5.02 Å². The van der Waals surface area contributed by atoms with E-state index in [2.05, 4.69) is 27.6 Å². The molecule has 0 aliphatic carbocycles. The van der Waals surface area contributed by atoms with Gasteiger partial charge in [0.2, 0.25) is 0 Å². The van der Waals surface area contributed by atoms with E-state index in [1.54, 1.807) is 13.3 Å². The second-order valence-corrected chi connectivity index (χ2v) is 5.33. The molecule has 0 aliphatic rings. The fraction of sp³-hybridized carbons (Fsp3) is 0.154. The summed E-state index contributed by atoms with van der Waals surface area (Å²) in [6, 6.07) is 8.95. The molecule has 18 heavy (non-hydrogen) atoms. The molecule has 0 saturated heterocycles. The lowest BCUT2D eigenvalue weighted by molar-refractivity contribution is 0.404. The molecule has 1 aromatic carbocycles. The summed E-state index contributed by atoms with van der Waals surface area (Å²) in [5.41, 5.74) is 7.91. The normalized spacial score (nSPS) is 12.2. The highest BCUT2D eigenvalue weighted by Gasteiger charge is 2.17. The Balaban J connectivity index is 2.47. The van der Waals surface area contributed by atoms with Crippen molar-refractivity contribution in [1.29, 1.82) is 0 Å². The van der Waals surface area contributed by atoms with E-state index in [-0.39, 0.29) is 6.04 Å². The number of methoxy groups -OCH3 is 1. The minimum absolute atomic E-state index is 0.355. The van der Waals surface area contributed by atoms with Crippen molar-refractivity contribution in [2.45, 2.75) is 6.04 Å². The molecule has 0 bridgehead atoms. The van der Waals surface area contributed by atoms with E-state index < -0.39 is 0 Å². The molecule has 0 saturated carbocycles. The van der Waals surface area contributed by atoms with E-state index in [0.717, 1.165) is 9.13 Å². The molecule has 1 aromatic heterocycles. The lowest BCUT2D eigenvalue weighted by Crippen LogP contribution is -2.16. The highest BCUT2D eigenvalue weighted by molar-refractivity contribution is 14.1. The second-order valence-electron chi connectivity index (χ2n) is 3.73. The number of hydrogen-bond acceptors (Lipinski definition) is 3. The van der Waals surface area contributed by atoms with Crippen LogP contribution in [0.25, 0.3) is 0 Å². The van der Waals surface area contributed by atoms with Gasteiger partial charge in [-0.3, -0.25) is 4.98 Å². The maximum absolute atomic E-state index is 6.26. The first kappa shape index (κ1) is 13.6. The molecule has 3 nitrogen and oxygen atoms in total. The third kappa shape index (κ3) is 2.76. The Labute approximate surface area is 124 Å². The van der Waals surface area contributed by atoms with Crippen LogP contribution >= 0.6 is 34.2 Å². The van der Waals surface area contributed by atoms with Gasteiger partial charge in [0.05, 0.1) is 13.2 Å². The minimum Gasteiger partial charge on any atom is -0.495 e. The predicted octanol–water partition coefficient (Wildman–Crippen LogP) is 3.40. The maximum atomic E-state index is 6.26. The Kier molecular flexibility index (Phi) is 4.42. The highest BCUT2D eigenvalue weighted by atomic mass is 127. The third-order valence-electron chi connectivity index (χ3n) is 2.61. The summed E-state index contributed by atoms with van der Waals surface area (Å²) in [6.07, 6.45) is 1.70. The molecule has 0 spiro atoms. The Morgan fingerprint density at radius 2 is 2.17 bits per heavy atom. The lowest BCUT2D eigenvalue weighted by atomic mass is 10.0. The molecule has 94 valence electrons. The van der Waals surface area contributed by atoms with E-state index in [1.165, 1.54) is 0 Å². The number of ether oxygens (including phenoxy) is 1. The standard InChI is InChI=1S/C13H12ClIN2O/c1-18-11-3-2-6-17-13(11)12(16)9-7-8(14)4-5-10(9)15/h2-7,12H,16H2,1H3. The SMILES string of the molecule is COc1cccnc1C(N)c1cc(Cl)ccc1I. The van der Waals surface area contributed by atoms with Crippen LogP contribution in [0, 0.1) is 3.57 Å². The van der Waals surface area contributed by atoms with Crippen LogP contribution in [0.4, 0.5) is 0 Å². The quantitative estimate of drug-likeness (QED) is 0.838. The molecule has 0 amide bonds. The first-order valence-electron chi connectivity index (χ1n) is 5.33. The zero-order valence-corrected chi connectivity index (χ0v) is 12.6. The van der Waals surface area contributed by atoms with Gasteiger partial charge in [0.15, 0.2) is 0 Å². The summed E-state index contributed by atoms with van der Waals surface area (Å²) in [4.78, 5) is 4.30. The van der Waals surface area contributed by atoms with Crippen molar-refractivity contribution in [1.82, 2.24) is 4.98 Å². The van der Waals surface area contributed by atoms with Crippen LogP contribution in [-0.2, 0) is 0 Å². The zero-order valence-electron chi connectivity index (χ0n) is 9.73. The van der Waals surface area contributed by atoms with Crippen LogP contribution < -0.4 is 10.5 Å². The van der Waals surface area contributed by atoms with Gasteiger partial charge in [-0.25, -0.2) is 0 Å². The molecule has 2 aromatic rings. The number of nitrogens with zero attached hydrogens (tertiary/aromatic N) is 1. The topological polar surface area (TPSA) is 48.1 Å². The van der Waals surface area contributed by atoms with E-state index in [0.29, 0.717) is 16.5 Å². The third-order valence-corrected chi connectivity index (χ3v) is 3.82. The molecular formula is C13H12ClIN2O. The Hall–Kier alpha value is -0.850. The number of nitrogens with two attached hydrogens (primary N) is 1. The molecule has 5 heteroatoms. The van der Waals surface area contributed by atoms with Crippen molar-refractivity contribution >= 4 is 34.2 Å². The lowest BCUT2D eigenvalue weighted by Gasteiger charge is -2.16. The average molecular weight is 375 g/mol. The zero-order chi connectivity index (χ0) is 13.1. The second kappa shape index (κ2) is 5.86. The summed E-state index contributed by atoms with van der Waals surface area (Å²) in [5.74, 6) is 0.681. The van der Waals surface area contributed by atoms with E-state index in [1.807, 2.05) is 30.3 Å². The van der Waals surface area contributed by atoms with Gasteiger partial charge in [0, 0.05) is 14.8 Å².